The first-order valence-electron chi connectivity index (χ1n) is 13.8. The maximum Gasteiger partial charge on any atom is 0.274 e. The standard InChI is InChI=1S/C30H35N7O2/c1-29(2,39)24-16-25-21(19-36(34-25)22-6-8-30(9-7-22)10-12-35(3)13-11-30)15-26(24)33-28(38)27-5-4-23-14-20(17-31)18-32-37(23)27/h4-5,14-16,18-19,22,39H,6-13H2,1-3H3,(H,33,38). The predicted octanol–water partition coefficient (Wildman–Crippen LogP) is 4.86. The predicted molar refractivity (Wildman–Crippen MR) is 150 cm³/mol. The third-order valence-electron chi connectivity index (χ3n) is 8.87. The zero-order valence-electron chi connectivity index (χ0n) is 22.8. The number of carbonyl (C=O) groups excluding carboxylic acids is 1. The lowest BCUT2D eigenvalue weighted by atomic mass is 9.67. The Bertz CT molecular complexity index is 1590. The summed E-state index contributed by atoms with van der Waals surface area (Å²) >= 11 is 0. The van der Waals surface area contributed by atoms with Crippen LogP contribution in [-0.2, 0) is 5.60 Å². The number of nitrogens with one attached hydrogen (secondary N) is 1. The van der Waals surface area contributed by atoms with Crippen LogP contribution in [0.5, 0.6) is 0 Å². The molecule has 39 heavy (non-hydrogen) atoms. The van der Waals surface area contributed by atoms with Crippen LogP contribution < -0.4 is 5.32 Å². The van der Waals surface area contributed by atoms with E-state index >= 15 is 0 Å². The molecule has 9 nitrogen and oxygen atoms in total. The number of nitriles is 1. The quantitative estimate of drug-likeness (QED) is 0.394. The van der Waals surface area contributed by atoms with Crippen LogP contribution in [0.25, 0.3) is 16.4 Å². The highest BCUT2D eigenvalue weighted by Crippen LogP contribution is 2.47. The molecule has 1 saturated carbocycles. The lowest BCUT2D eigenvalue weighted by Crippen LogP contribution is -2.40. The number of carbonyl (C=O) groups is 1. The molecular formula is C30H35N7O2. The van der Waals surface area contributed by atoms with Crippen molar-refractivity contribution in [3.8, 4) is 6.07 Å². The van der Waals surface area contributed by atoms with Crippen LogP contribution in [0.2, 0.25) is 0 Å². The van der Waals surface area contributed by atoms with Crippen LogP contribution in [0, 0.1) is 16.7 Å². The molecule has 9 heteroatoms. The second-order valence-electron chi connectivity index (χ2n) is 12.0. The van der Waals surface area contributed by atoms with Crippen LogP contribution in [0.15, 0.2) is 42.7 Å². The molecule has 0 unspecified atom stereocenters. The van der Waals surface area contributed by atoms with E-state index in [1.807, 2.05) is 12.1 Å². The third-order valence-corrected chi connectivity index (χ3v) is 8.87. The number of hydrogen-bond donors (Lipinski definition) is 2. The van der Waals surface area contributed by atoms with E-state index in [9.17, 15) is 9.90 Å². The highest BCUT2D eigenvalue weighted by Gasteiger charge is 2.38. The summed E-state index contributed by atoms with van der Waals surface area (Å²) < 4.78 is 3.61. The molecule has 2 N–H and O–H groups in total. The average Bonchev–Trinajstić information content (AvgIpc) is 3.53. The Morgan fingerprint density at radius 1 is 1.15 bits per heavy atom. The first kappa shape index (κ1) is 25.5. The van der Waals surface area contributed by atoms with Gasteiger partial charge in [0.05, 0.1) is 34.4 Å². The molecule has 0 radical (unpaired) electrons. The van der Waals surface area contributed by atoms with Crippen molar-refractivity contribution in [3.05, 3.63) is 59.5 Å². The van der Waals surface area contributed by atoms with Gasteiger partial charge in [-0.05, 0) is 108 Å². The highest BCUT2D eigenvalue weighted by molar-refractivity contribution is 6.05. The molecule has 1 saturated heterocycles. The molecule has 0 atom stereocenters. The molecule has 3 aromatic heterocycles. The molecule has 4 aromatic rings. The molecule has 1 amide bonds. The highest BCUT2D eigenvalue weighted by atomic mass is 16.3. The number of rotatable bonds is 4. The summed E-state index contributed by atoms with van der Waals surface area (Å²) in [5.41, 5.74) is 2.69. The Morgan fingerprint density at radius 3 is 2.59 bits per heavy atom. The minimum atomic E-state index is -1.19. The fraction of sp³-hybridized carbons (Fsp3) is 0.467. The van der Waals surface area contributed by atoms with Gasteiger partial charge in [-0.1, -0.05) is 0 Å². The number of piperidine rings is 1. The largest absolute Gasteiger partial charge is 0.386 e. The molecule has 2 aliphatic rings. The van der Waals surface area contributed by atoms with Crippen molar-refractivity contribution in [1.29, 1.82) is 5.26 Å². The maximum absolute atomic E-state index is 13.3. The average molecular weight is 526 g/mol. The van der Waals surface area contributed by atoms with E-state index < -0.39 is 5.60 Å². The normalized spacial score (nSPS) is 18.5. The van der Waals surface area contributed by atoms with Crippen molar-refractivity contribution in [2.45, 2.75) is 64.0 Å². The van der Waals surface area contributed by atoms with Gasteiger partial charge in [-0.3, -0.25) is 9.48 Å². The van der Waals surface area contributed by atoms with Crippen molar-refractivity contribution >= 4 is 28.0 Å². The number of likely N-dealkylation sites (tertiary alicyclic amines) is 1. The Kier molecular flexibility index (Phi) is 6.20. The molecular weight excluding hydrogens is 490 g/mol. The summed E-state index contributed by atoms with van der Waals surface area (Å²) in [6, 6.07) is 11.3. The molecule has 6 rings (SSSR count). The van der Waals surface area contributed by atoms with E-state index in [1.54, 1.807) is 32.0 Å². The van der Waals surface area contributed by atoms with Gasteiger partial charge in [0.2, 0.25) is 0 Å². The summed E-state index contributed by atoms with van der Waals surface area (Å²) in [4.78, 5) is 15.8. The Morgan fingerprint density at radius 2 is 1.90 bits per heavy atom. The first-order chi connectivity index (χ1) is 18.6. The molecule has 0 bridgehead atoms. The van der Waals surface area contributed by atoms with E-state index in [4.69, 9.17) is 10.4 Å². The fourth-order valence-corrected chi connectivity index (χ4v) is 6.38. The molecule has 2 fully saturated rings. The fourth-order valence-electron chi connectivity index (χ4n) is 6.38. The van der Waals surface area contributed by atoms with Gasteiger partial charge in [-0.25, -0.2) is 4.52 Å². The van der Waals surface area contributed by atoms with Gasteiger partial charge >= 0.3 is 0 Å². The Hall–Kier alpha value is -3.74. The third kappa shape index (κ3) is 4.79. The molecule has 1 spiro atoms. The molecule has 1 aliphatic heterocycles. The minimum Gasteiger partial charge on any atom is -0.386 e. The van der Waals surface area contributed by atoms with Crippen molar-refractivity contribution in [3.63, 3.8) is 0 Å². The zero-order valence-corrected chi connectivity index (χ0v) is 22.8. The van der Waals surface area contributed by atoms with E-state index in [0.717, 1.165) is 23.7 Å². The van der Waals surface area contributed by atoms with Gasteiger partial charge < -0.3 is 15.3 Å². The van der Waals surface area contributed by atoms with Gasteiger partial charge in [0, 0.05) is 22.8 Å². The number of fused-ring (bicyclic) bond motifs is 2. The van der Waals surface area contributed by atoms with E-state index in [-0.39, 0.29) is 5.91 Å². The SMILES string of the molecule is CN1CCC2(CCC(n3cc4cc(NC(=O)c5ccc6cc(C#N)cnn56)c(C(C)(C)O)cc4n3)CC2)CC1. The topological polar surface area (TPSA) is 111 Å². The monoisotopic (exact) mass is 525 g/mol. The van der Waals surface area contributed by atoms with Gasteiger partial charge in [0.1, 0.15) is 11.8 Å². The smallest absolute Gasteiger partial charge is 0.274 e. The van der Waals surface area contributed by atoms with Crippen LogP contribution in [-0.4, -0.2) is 55.4 Å². The summed E-state index contributed by atoms with van der Waals surface area (Å²) in [6.45, 7) is 5.81. The van der Waals surface area contributed by atoms with Crippen LogP contribution in [0.1, 0.15) is 80.0 Å². The van der Waals surface area contributed by atoms with Gasteiger partial charge in [-0.15, -0.1) is 0 Å². The maximum atomic E-state index is 13.3. The molecule has 202 valence electrons. The van der Waals surface area contributed by atoms with E-state index in [1.165, 1.54) is 49.5 Å². The summed E-state index contributed by atoms with van der Waals surface area (Å²) in [5, 5.41) is 33.2. The summed E-state index contributed by atoms with van der Waals surface area (Å²) in [5.74, 6) is -0.347. The van der Waals surface area contributed by atoms with E-state index in [0.29, 0.717) is 39.5 Å². The number of aliphatic hydroxyl groups is 1. The van der Waals surface area contributed by atoms with Crippen LogP contribution >= 0.6 is 0 Å². The van der Waals surface area contributed by atoms with E-state index in [2.05, 4.69) is 39.3 Å². The van der Waals surface area contributed by atoms with Gasteiger partial charge in [0.25, 0.3) is 5.91 Å². The van der Waals surface area contributed by atoms with Crippen molar-refractivity contribution in [2.75, 3.05) is 25.5 Å². The lowest BCUT2D eigenvalue weighted by molar-refractivity contribution is 0.0626. The number of anilines is 1. The van der Waals surface area contributed by atoms with Crippen LogP contribution in [0.3, 0.4) is 0 Å². The summed E-state index contributed by atoms with van der Waals surface area (Å²) in [6.07, 6.45) is 10.8. The van der Waals surface area contributed by atoms with Crippen molar-refractivity contribution in [1.82, 2.24) is 24.3 Å². The second kappa shape index (κ2) is 9.47. The van der Waals surface area contributed by atoms with Gasteiger partial charge in [-0.2, -0.15) is 15.5 Å². The van der Waals surface area contributed by atoms with Crippen molar-refractivity contribution in [2.24, 2.45) is 5.41 Å². The number of benzene rings is 1. The minimum absolute atomic E-state index is 0.344. The Labute approximate surface area is 228 Å². The van der Waals surface area contributed by atoms with Crippen LogP contribution in [0.4, 0.5) is 5.69 Å². The molecule has 1 aliphatic carbocycles. The molecule has 1 aromatic carbocycles. The second-order valence-corrected chi connectivity index (χ2v) is 12.0. The number of nitrogens with zero attached hydrogens (tertiary/aromatic N) is 6. The van der Waals surface area contributed by atoms with Crippen molar-refractivity contribution < 1.29 is 9.90 Å². The number of aromatic nitrogens is 4. The number of hydrogen-bond acceptors (Lipinski definition) is 6. The number of amides is 1. The van der Waals surface area contributed by atoms with Gasteiger partial charge in [0.15, 0.2) is 0 Å². The first-order valence-corrected chi connectivity index (χ1v) is 13.8. The Balaban J connectivity index is 1.27. The zero-order chi connectivity index (χ0) is 27.4. The lowest BCUT2D eigenvalue weighted by Gasteiger charge is -2.45. The summed E-state index contributed by atoms with van der Waals surface area (Å²) in [7, 11) is 2.22. The molecule has 4 heterocycles.